The monoisotopic (exact) mass is 480 g/mol. The molecule has 3 atom stereocenters. The fraction of sp³-hybridized carbons (Fsp3) is 0.444. The van der Waals surface area contributed by atoms with E-state index in [1.54, 1.807) is 13.8 Å². The van der Waals surface area contributed by atoms with Gasteiger partial charge in [0.2, 0.25) is 5.91 Å². The number of alkyl carbamates (subject to hydrolysis) is 1. The predicted molar refractivity (Wildman–Crippen MR) is 130 cm³/mol. The predicted octanol–water partition coefficient (Wildman–Crippen LogP) is 3.55. The first-order valence-corrected chi connectivity index (χ1v) is 12.1. The van der Waals surface area contributed by atoms with Gasteiger partial charge in [0.05, 0.1) is 5.41 Å². The van der Waals surface area contributed by atoms with Crippen LogP contribution in [0.1, 0.15) is 43.7 Å². The van der Waals surface area contributed by atoms with Crippen molar-refractivity contribution in [3.05, 3.63) is 59.7 Å². The molecule has 186 valence electrons. The first kappa shape index (κ1) is 24.7. The lowest BCUT2D eigenvalue weighted by molar-refractivity contribution is -0.148. The number of hydrogen-bond acceptors (Lipinski definition) is 5. The summed E-state index contributed by atoms with van der Waals surface area (Å²) in [5.41, 5.74) is 3.57. The van der Waals surface area contributed by atoms with Crippen LogP contribution in [0, 0.1) is 11.3 Å². The summed E-state index contributed by atoms with van der Waals surface area (Å²) in [5.74, 6) is -1.55. The number of nitrogens with one attached hydrogen (secondary N) is 2. The number of carboxylic acid groups (broad SMARTS) is 1. The van der Waals surface area contributed by atoms with E-state index < -0.39 is 23.6 Å². The SMILES string of the molecule is CCC(C)(CNC(=O)C1OCCC1CNC(=O)OCC1c2ccccc2-c2ccccc21)C(=O)O. The van der Waals surface area contributed by atoms with Crippen LogP contribution in [0.3, 0.4) is 0 Å². The van der Waals surface area contributed by atoms with Crippen molar-refractivity contribution in [3.63, 3.8) is 0 Å². The highest BCUT2D eigenvalue weighted by Gasteiger charge is 2.37. The van der Waals surface area contributed by atoms with Gasteiger partial charge in [-0.1, -0.05) is 55.5 Å². The van der Waals surface area contributed by atoms with Crippen LogP contribution in [0.4, 0.5) is 4.79 Å². The Kier molecular flexibility index (Phi) is 7.40. The molecule has 4 rings (SSSR count). The summed E-state index contributed by atoms with van der Waals surface area (Å²) in [5, 5.41) is 14.9. The summed E-state index contributed by atoms with van der Waals surface area (Å²) in [4.78, 5) is 36.6. The third-order valence-electron chi connectivity index (χ3n) is 7.27. The Bertz CT molecular complexity index is 1060. The summed E-state index contributed by atoms with van der Waals surface area (Å²) in [6, 6.07) is 16.3. The van der Waals surface area contributed by atoms with E-state index >= 15 is 0 Å². The van der Waals surface area contributed by atoms with Crippen molar-refractivity contribution in [2.24, 2.45) is 11.3 Å². The number of ether oxygens (including phenoxy) is 2. The molecule has 1 aliphatic heterocycles. The number of aliphatic carboxylic acids is 1. The molecule has 0 radical (unpaired) electrons. The first-order valence-electron chi connectivity index (χ1n) is 12.1. The first-order chi connectivity index (χ1) is 16.8. The van der Waals surface area contributed by atoms with E-state index in [9.17, 15) is 19.5 Å². The second kappa shape index (κ2) is 10.5. The molecule has 1 aliphatic carbocycles. The van der Waals surface area contributed by atoms with Crippen LogP contribution in [0.15, 0.2) is 48.5 Å². The molecule has 0 bridgehead atoms. The summed E-state index contributed by atoms with van der Waals surface area (Å²) in [6.45, 7) is 4.24. The van der Waals surface area contributed by atoms with Gasteiger partial charge in [-0.05, 0) is 42.0 Å². The standard InChI is InChI=1S/C27H32N2O6/c1-3-27(2,25(31)32)16-29-24(30)23-17(12-13-34-23)14-28-26(33)35-15-22-20-10-6-4-8-18(20)19-9-5-7-11-21(19)22/h4-11,17,22-23H,3,12-16H2,1-2H3,(H,28,33)(H,29,30)(H,31,32). The molecule has 2 aliphatic rings. The molecule has 0 saturated carbocycles. The summed E-state index contributed by atoms with van der Waals surface area (Å²) in [7, 11) is 0. The molecule has 0 aromatic heterocycles. The van der Waals surface area contributed by atoms with Crippen molar-refractivity contribution in [1.82, 2.24) is 10.6 Å². The Morgan fingerprint density at radius 1 is 1.06 bits per heavy atom. The molecule has 3 unspecified atom stereocenters. The van der Waals surface area contributed by atoms with Crippen LogP contribution in [0.25, 0.3) is 11.1 Å². The van der Waals surface area contributed by atoms with Gasteiger partial charge < -0.3 is 25.2 Å². The smallest absolute Gasteiger partial charge is 0.407 e. The molecule has 8 nitrogen and oxygen atoms in total. The summed E-state index contributed by atoms with van der Waals surface area (Å²) < 4.78 is 11.2. The number of benzene rings is 2. The van der Waals surface area contributed by atoms with E-state index in [2.05, 4.69) is 34.9 Å². The molecule has 1 fully saturated rings. The zero-order valence-electron chi connectivity index (χ0n) is 20.1. The van der Waals surface area contributed by atoms with Gasteiger partial charge >= 0.3 is 12.1 Å². The van der Waals surface area contributed by atoms with Crippen LogP contribution in [-0.2, 0) is 19.1 Å². The van der Waals surface area contributed by atoms with Gasteiger partial charge in [0.25, 0.3) is 0 Å². The highest BCUT2D eigenvalue weighted by atomic mass is 16.5. The number of carboxylic acids is 1. The molecule has 8 heteroatoms. The quantitative estimate of drug-likeness (QED) is 0.506. The van der Waals surface area contributed by atoms with Crippen molar-refractivity contribution in [3.8, 4) is 11.1 Å². The third kappa shape index (κ3) is 5.17. The van der Waals surface area contributed by atoms with Crippen LogP contribution in [0.2, 0.25) is 0 Å². The molecule has 2 aromatic carbocycles. The minimum atomic E-state index is -1.04. The van der Waals surface area contributed by atoms with Crippen molar-refractivity contribution in [1.29, 1.82) is 0 Å². The van der Waals surface area contributed by atoms with Gasteiger partial charge in [-0.25, -0.2) is 4.79 Å². The van der Waals surface area contributed by atoms with Crippen molar-refractivity contribution in [2.75, 3.05) is 26.3 Å². The second-order valence-corrected chi connectivity index (χ2v) is 9.48. The number of rotatable bonds is 9. The molecule has 1 heterocycles. The topological polar surface area (TPSA) is 114 Å². The minimum absolute atomic E-state index is 0.0179. The van der Waals surface area contributed by atoms with Crippen molar-refractivity contribution in [2.45, 2.75) is 38.7 Å². The zero-order valence-corrected chi connectivity index (χ0v) is 20.1. The zero-order chi connectivity index (χ0) is 25.0. The van der Waals surface area contributed by atoms with Gasteiger partial charge in [0.1, 0.15) is 12.7 Å². The Hall–Kier alpha value is -3.39. The maximum Gasteiger partial charge on any atom is 0.407 e. The van der Waals surface area contributed by atoms with Crippen LogP contribution in [0.5, 0.6) is 0 Å². The average molecular weight is 481 g/mol. The Morgan fingerprint density at radius 2 is 1.69 bits per heavy atom. The van der Waals surface area contributed by atoms with Gasteiger partial charge in [-0.3, -0.25) is 9.59 Å². The van der Waals surface area contributed by atoms with Crippen LogP contribution >= 0.6 is 0 Å². The fourth-order valence-corrected chi connectivity index (χ4v) is 4.73. The van der Waals surface area contributed by atoms with E-state index in [-0.39, 0.29) is 37.4 Å². The number of hydrogen-bond donors (Lipinski definition) is 3. The molecule has 35 heavy (non-hydrogen) atoms. The Morgan fingerprint density at radius 3 is 2.29 bits per heavy atom. The van der Waals surface area contributed by atoms with E-state index in [0.29, 0.717) is 19.4 Å². The molecular weight excluding hydrogens is 448 g/mol. The number of carbonyl (C=O) groups excluding carboxylic acids is 2. The number of fused-ring (bicyclic) bond motifs is 3. The number of amides is 2. The summed E-state index contributed by atoms with van der Waals surface area (Å²) >= 11 is 0. The van der Waals surface area contributed by atoms with Crippen LogP contribution in [-0.4, -0.2) is 55.5 Å². The molecule has 2 amide bonds. The maximum absolute atomic E-state index is 12.6. The van der Waals surface area contributed by atoms with Gasteiger partial charge in [0, 0.05) is 31.5 Å². The van der Waals surface area contributed by atoms with E-state index in [4.69, 9.17) is 9.47 Å². The molecule has 3 N–H and O–H groups in total. The average Bonchev–Trinajstić information content (AvgIpc) is 3.47. The van der Waals surface area contributed by atoms with Crippen molar-refractivity contribution < 1.29 is 29.0 Å². The lowest BCUT2D eigenvalue weighted by Gasteiger charge is -2.25. The van der Waals surface area contributed by atoms with Gasteiger partial charge in [0.15, 0.2) is 0 Å². The van der Waals surface area contributed by atoms with Gasteiger partial charge in [-0.2, -0.15) is 0 Å². The van der Waals surface area contributed by atoms with E-state index in [1.807, 2.05) is 24.3 Å². The number of carbonyl (C=O) groups is 3. The highest BCUT2D eigenvalue weighted by Crippen LogP contribution is 2.44. The Balaban J connectivity index is 1.29. The van der Waals surface area contributed by atoms with E-state index in [0.717, 1.165) is 22.3 Å². The molecule has 1 saturated heterocycles. The second-order valence-electron chi connectivity index (χ2n) is 9.48. The maximum atomic E-state index is 12.6. The molecular formula is C27H32N2O6. The summed E-state index contributed by atoms with van der Waals surface area (Å²) in [6.07, 6.45) is -0.270. The highest BCUT2D eigenvalue weighted by molar-refractivity contribution is 5.83. The van der Waals surface area contributed by atoms with Crippen molar-refractivity contribution >= 4 is 18.0 Å². The normalized spacial score (nSPS) is 20.4. The largest absolute Gasteiger partial charge is 0.481 e. The van der Waals surface area contributed by atoms with Gasteiger partial charge in [-0.15, -0.1) is 0 Å². The minimum Gasteiger partial charge on any atom is -0.481 e. The lowest BCUT2D eigenvalue weighted by atomic mass is 9.87. The van der Waals surface area contributed by atoms with Crippen LogP contribution < -0.4 is 10.6 Å². The fourth-order valence-electron chi connectivity index (χ4n) is 4.73. The Labute approximate surface area is 205 Å². The molecule has 2 aromatic rings. The lowest BCUT2D eigenvalue weighted by Crippen LogP contribution is -2.47. The third-order valence-corrected chi connectivity index (χ3v) is 7.27. The van der Waals surface area contributed by atoms with E-state index in [1.165, 1.54) is 0 Å². The molecule has 0 spiro atoms.